The molecule has 0 amide bonds. The average Bonchev–Trinajstić information content (AvgIpc) is 2.36. The van der Waals surface area contributed by atoms with Crippen LogP contribution in [0.2, 0.25) is 0 Å². The van der Waals surface area contributed by atoms with Gasteiger partial charge in [0.1, 0.15) is 0 Å². The maximum absolute atomic E-state index is 11.1. The van der Waals surface area contributed by atoms with Gasteiger partial charge >= 0.3 is 5.97 Å². The van der Waals surface area contributed by atoms with E-state index >= 15 is 0 Å². The molecule has 0 aliphatic rings. The number of nitrogens with one attached hydrogen (secondary N) is 1. The van der Waals surface area contributed by atoms with Gasteiger partial charge in [0.15, 0.2) is 5.82 Å². The van der Waals surface area contributed by atoms with Crippen LogP contribution < -0.4 is 5.32 Å². The van der Waals surface area contributed by atoms with E-state index in [-0.39, 0.29) is 5.56 Å². The SMILES string of the molecule is Cc1cnc(C)c(Nc2ccc(Br)c(C(=O)O)c2)n1. The van der Waals surface area contributed by atoms with E-state index < -0.39 is 5.97 Å². The fourth-order valence-electron chi connectivity index (χ4n) is 1.56. The van der Waals surface area contributed by atoms with Crippen molar-refractivity contribution in [2.75, 3.05) is 5.32 Å². The maximum atomic E-state index is 11.1. The van der Waals surface area contributed by atoms with Gasteiger partial charge in [0.05, 0.1) is 17.0 Å². The molecule has 98 valence electrons. The van der Waals surface area contributed by atoms with E-state index in [4.69, 9.17) is 5.11 Å². The van der Waals surface area contributed by atoms with E-state index in [1.807, 2.05) is 13.8 Å². The highest BCUT2D eigenvalue weighted by Gasteiger charge is 2.10. The van der Waals surface area contributed by atoms with Gasteiger partial charge in [-0.15, -0.1) is 0 Å². The molecular weight excluding hydrogens is 310 g/mol. The van der Waals surface area contributed by atoms with Crippen molar-refractivity contribution in [2.24, 2.45) is 0 Å². The minimum atomic E-state index is -0.984. The Morgan fingerprint density at radius 2 is 2.11 bits per heavy atom. The predicted molar refractivity (Wildman–Crippen MR) is 75.9 cm³/mol. The zero-order valence-corrected chi connectivity index (χ0v) is 12.0. The van der Waals surface area contributed by atoms with Gasteiger partial charge in [0, 0.05) is 16.4 Å². The highest BCUT2D eigenvalue weighted by atomic mass is 79.9. The molecule has 5 nitrogen and oxygen atoms in total. The van der Waals surface area contributed by atoms with Crippen LogP contribution in [0.3, 0.4) is 0 Å². The van der Waals surface area contributed by atoms with Gasteiger partial charge in [-0.2, -0.15) is 0 Å². The van der Waals surface area contributed by atoms with Gasteiger partial charge in [-0.3, -0.25) is 4.98 Å². The quantitative estimate of drug-likeness (QED) is 0.907. The standard InChI is InChI=1S/C13H12BrN3O2/c1-7-6-15-8(2)12(16-7)17-9-3-4-11(14)10(5-9)13(18)19/h3-6H,1-2H3,(H,16,17)(H,18,19). The summed E-state index contributed by atoms with van der Waals surface area (Å²) in [6, 6.07) is 5.01. The summed E-state index contributed by atoms with van der Waals surface area (Å²) < 4.78 is 0.539. The summed E-state index contributed by atoms with van der Waals surface area (Å²) in [6.07, 6.45) is 1.69. The third kappa shape index (κ3) is 3.08. The average molecular weight is 322 g/mol. The Kier molecular flexibility index (Phi) is 3.80. The Morgan fingerprint density at radius 1 is 1.37 bits per heavy atom. The first-order chi connectivity index (χ1) is 8.97. The zero-order valence-electron chi connectivity index (χ0n) is 10.4. The lowest BCUT2D eigenvalue weighted by molar-refractivity contribution is 0.0696. The second-order valence-corrected chi connectivity index (χ2v) is 4.92. The molecule has 6 heteroatoms. The Labute approximate surface area is 118 Å². The monoisotopic (exact) mass is 321 g/mol. The lowest BCUT2D eigenvalue weighted by atomic mass is 10.2. The molecule has 0 aliphatic heterocycles. The van der Waals surface area contributed by atoms with Crippen molar-refractivity contribution in [2.45, 2.75) is 13.8 Å². The van der Waals surface area contributed by atoms with E-state index in [2.05, 4.69) is 31.2 Å². The number of anilines is 2. The van der Waals surface area contributed by atoms with Crippen LogP contribution in [0.4, 0.5) is 11.5 Å². The van der Waals surface area contributed by atoms with Crippen molar-refractivity contribution < 1.29 is 9.90 Å². The van der Waals surface area contributed by atoms with Crippen molar-refractivity contribution in [3.63, 3.8) is 0 Å². The molecule has 19 heavy (non-hydrogen) atoms. The Bertz CT molecular complexity index is 644. The number of hydrogen-bond acceptors (Lipinski definition) is 4. The topological polar surface area (TPSA) is 75.1 Å². The highest BCUT2D eigenvalue weighted by Crippen LogP contribution is 2.24. The number of aromatic carboxylic acids is 1. The molecule has 2 aromatic rings. The summed E-state index contributed by atoms with van der Waals surface area (Å²) in [5.74, 6) is -0.360. The van der Waals surface area contributed by atoms with Crippen LogP contribution in [-0.2, 0) is 0 Å². The van der Waals surface area contributed by atoms with Crippen LogP contribution in [0, 0.1) is 13.8 Å². The number of carboxylic acids is 1. The molecule has 0 saturated carbocycles. The van der Waals surface area contributed by atoms with Crippen LogP contribution in [0.15, 0.2) is 28.9 Å². The maximum Gasteiger partial charge on any atom is 0.336 e. The number of nitrogens with zero attached hydrogens (tertiary/aromatic N) is 2. The predicted octanol–water partition coefficient (Wildman–Crippen LogP) is 3.30. The number of hydrogen-bond donors (Lipinski definition) is 2. The molecule has 1 aromatic heterocycles. The van der Waals surface area contributed by atoms with Gasteiger partial charge in [0.2, 0.25) is 0 Å². The van der Waals surface area contributed by atoms with E-state index in [1.54, 1.807) is 24.4 Å². The molecule has 1 heterocycles. The van der Waals surface area contributed by atoms with Crippen LogP contribution in [-0.4, -0.2) is 21.0 Å². The fraction of sp³-hybridized carbons (Fsp3) is 0.154. The largest absolute Gasteiger partial charge is 0.478 e. The Hall–Kier alpha value is -1.95. The van der Waals surface area contributed by atoms with Gasteiger partial charge in [0.25, 0.3) is 0 Å². The number of carboxylic acid groups (broad SMARTS) is 1. The molecule has 0 saturated heterocycles. The molecule has 0 radical (unpaired) electrons. The van der Waals surface area contributed by atoms with E-state index in [9.17, 15) is 4.79 Å². The van der Waals surface area contributed by atoms with Crippen molar-refractivity contribution in [3.8, 4) is 0 Å². The van der Waals surface area contributed by atoms with E-state index in [1.165, 1.54) is 0 Å². The van der Waals surface area contributed by atoms with Crippen molar-refractivity contribution in [1.82, 2.24) is 9.97 Å². The number of rotatable bonds is 3. The van der Waals surface area contributed by atoms with Gasteiger partial charge in [-0.25, -0.2) is 9.78 Å². The molecule has 0 aliphatic carbocycles. The highest BCUT2D eigenvalue weighted by molar-refractivity contribution is 9.10. The summed E-state index contributed by atoms with van der Waals surface area (Å²) in [5, 5.41) is 12.1. The zero-order chi connectivity index (χ0) is 14.0. The first kappa shape index (κ1) is 13.5. The number of benzene rings is 1. The van der Waals surface area contributed by atoms with Crippen LogP contribution in [0.1, 0.15) is 21.7 Å². The number of aryl methyl sites for hydroxylation is 2. The lowest BCUT2D eigenvalue weighted by Crippen LogP contribution is -2.02. The normalized spacial score (nSPS) is 10.3. The summed E-state index contributed by atoms with van der Waals surface area (Å²) in [6.45, 7) is 3.69. The summed E-state index contributed by atoms with van der Waals surface area (Å²) in [4.78, 5) is 19.6. The summed E-state index contributed by atoms with van der Waals surface area (Å²) in [7, 11) is 0. The van der Waals surface area contributed by atoms with E-state index in [0.29, 0.717) is 16.0 Å². The molecule has 0 bridgehead atoms. The third-order valence-electron chi connectivity index (χ3n) is 2.54. The lowest BCUT2D eigenvalue weighted by Gasteiger charge is -2.10. The Morgan fingerprint density at radius 3 is 2.79 bits per heavy atom. The molecule has 2 N–H and O–H groups in total. The second kappa shape index (κ2) is 5.36. The summed E-state index contributed by atoms with van der Waals surface area (Å²) >= 11 is 3.21. The van der Waals surface area contributed by atoms with Gasteiger partial charge in [-0.1, -0.05) is 0 Å². The molecule has 0 atom stereocenters. The van der Waals surface area contributed by atoms with Crippen LogP contribution in [0.5, 0.6) is 0 Å². The fourth-order valence-corrected chi connectivity index (χ4v) is 1.98. The van der Waals surface area contributed by atoms with Crippen molar-refractivity contribution in [3.05, 3.63) is 45.8 Å². The van der Waals surface area contributed by atoms with Gasteiger partial charge < -0.3 is 10.4 Å². The molecular formula is C13H12BrN3O2. The van der Waals surface area contributed by atoms with Crippen molar-refractivity contribution in [1.29, 1.82) is 0 Å². The van der Waals surface area contributed by atoms with Gasteiger partial charge in [-0.05, 0) is 48.0 Å². The van der Waals surface area contributed by atoms with E-state index in [0.717, 1.165) is 11.4 Å². The molecule has 0 spiro atoms. The smallest absolute Gasteiger partial charge is 0.336 e. The summed E-state index contributed by atoms with van der Waals surface area (Å²) in [5.41, 5.74) is 2.40. The molecule has 2 rings (SSSR count). The van der Waals surface area contributed by atoms with Crippen molar-refractivity contribution >= 4 is 33.4 Å². The minimum absolute atomic E-state index is 0.197. The van der Waals surface area contributed by atoms with Crippen LogP contribution >= 0.6 is 15.9 Å². The third-order valence-corrected chi connectivity index (χ3v) is 3.23. The number of aromatic nitrogens is 2. The molecule has 1 aromatic carbocycles. The van der Waals surface area contributed by atoms with Crippen LogP contribution in [0.25, 0.3) is 0 Å². The Balaban J connectivity index is 2.36. The first-order valence-corrected chi connectivity index (χ1v) is 6.37. The first-order valence-electron chi connectivity index (χ1n) is 5.57. The number of halogens is 1. The minimum Gasteiger partial charge on any atom is -0.478 e. The number of carbonyl (C=O) groups is 1. The molecule has 0 unspecified atom stereocenters. The molecule has 0 fully saturated rings. The second-order valence-electron chi connectivity index (χ2n) is 4.07.